The van der Waals surface area contributed by atoms with E-state index in [1.54, 1.807) is 13.1 Å². The largest absolute Gasteiger partial charge is 0.354 e. The Morgan fingerprint density at radius 3 is 2.73 bits per heavy atom. The number of hydrogen-bond acceptors (Lipinski definition) is 5. The smallest absolute Gasteiger partial charge is 0.269 e. The standard InChI is InChI=1S/C19H20FN5O/c1-13-19(26)23-16-11-14(10-15(20)18(16)22-13)12-24-6-8-25(9-7-24)17-4-2-3-5-21-17/h2-5,10-11H,6-9,12H2,1H3,(H,23,26). The van der Waals surface area contributed by atoms with E-state index in [4.69, 9.17) is 0 Å². The molecule has 0 bridgehead atoms. The number of nitrogens with zero attached hydrogens (tertiary/aromatic N) is 4. The second kappa shape index (κ2) is 6.84. The molecule has 26 heavy (non-hydrogen) atoms. The number of benzene rings is 1. The molecule has 0 aliphatic carbocycles. The number of H-pyrrole nitrogens is 1. The summed E-state index contributed by atoms with van der Waals surface area (Å²) in [5.41, 5.74) is 1.49. The molecule has 1 N–H and O–H groups in total. The van der Waals surface area contributed by atoms with Gasteiger partial charge in [-0.15, -0.1) is 0 Å². The van der Waals surface area contributed by atoms with Crippen molar-refractivity contribution in [3.05, 3.63) is 64.0 Å². The molecule has 6 nitrogen and oxygen atoms in total. The molecule has 1 fully saturated rings. The van der Waals surface area contributed by atoms with Crippen LogP contribution in [0.25, 0.3) is 11.0 Å². The molecule has 7 heteroatoms. The number of nitrogens with one attached hydrogen (secondary N) is 1. The number of halogens is 1. The Bertz CT molecular complexity index is 980. The van der Waals surface area contributed by atoms with Crippen LogP contribution in [-0.4, -0.2) is 46.0 Å². The van der Waals surface area contributed by atoms with Crippen LogP contribution in [-0.2, 0) is 6.54 Å². The van der Waals surface area contributed by atoms with Gasteiger partial charge in [-0.05, 0) is 36.8 Å². The van der Waals surface area contributed by atoms with Gasteiger partial charge >= 0.3 is 0 Å². The highest BCUT2D eigenvalue weighted by Gasteiger charge is 2.18. The van der Waals surface area contributed by atoms with Crippen molar-refractivity contribution in [1.82, 2.24) is 19.9 Å². The van der Waals surface area contributed by atoms with Gasteiger partial charge < -0.3 is 9.88 Å². The molecule has 4 rings (SSSR count). The van der Waals surface area contributed by atoms with Crippen molar-refractivity contribution < 1.29 is 4.39 Å². The number of aromatic amines is 1. The lowest BCUT2D eigenvalue weighted by molar-refractivity contribution is 0.249. The number of hydrogen-bond donors (Lipinski definition) is 1. The van der Waals surface area contributed by atoms with E-state index in [9.17, 15) is 9.18 Å². The first-order chi connectivity index (χ1) is 12.6. The molecular weight excluding hydrogens is 333 g/mol. The van der Waals surface area contributed by atoms with Crippen molar-refractivity contribution in [2.24, 2.45) is 0 Å². The Balaban J connectivity index is 1.48. The molecule has 3 aromatic rings. The van der Waals surface area contributed by atoms with Gasteiger partial charge in [-0.25, -0.2) is 14.4 Å². The van der Waals surface area contributed by atoms with Crippen molar-refractivity contribution >= 4 is 16.9 Å². The number of aromatic nitrogens is 3. The molecule has 0 saturated carbocycles. The zero-order valence-corrected chi connectivity index (χ0v) is 14.6. The molecule has 0 amide bonds. The summed E-state index contributed by atoms with van der Waals surface area (Å²) in [4.78, 5) is 27.4. The maximum atomic E-state index is 14.4. The van der Waals surface area contributed by atoms with E-state index in [2.05, 4.69) is 24.8 Å². The lowest BCUT2D eigenvalue weighted by atomic mass is 10.1. The van der Waals surface area contributed by atoms with Gasteiger partial charge in [-0.3, -0.25) is 9.69 Å². The zero-order chi connectivity index (χ0) is 18.1. The lowest BCUT2D eigenvalue weighted by Gasteiger charge is -2.35. The Hall–Kier alpha value is -2.80. The van der Waals surface area contributed by atoms with E-state index in [0.717, 1.165) is 37.6 Å². The molecule has 1 aliphatic heterocycles. The average Bonchev–Trinajstić information content (AvgIpc) is 2.65. The Morgan fingerprint density at radius 1 is 1.19 bits per heavy atom. The number of aryl methyl sites for hydroxylation is 1. The van der Waals surface area contributed by atoms with E-state index in [0.29, 0.717) is 12.1 Å². The quantitative estimate of drug-likeness (QED) is 0.781. The molecule has 0 atom stereocenters. The van der Waals surface area contributed by atoms with Crippen LogP contribution in [0.2, 0.25) is 0 Å². The van der Waals surface area contributed by atoms with E-state index in [-0.39, 0.29) is 16.8 Å². The van der Waals surface area contributed by atoms with Crippen LogP contribution < -0.4 is 10.5 Å². The molecule has 0 spiro atoms. The van der Waals surface area contributed by atoms with Crippen molar-refractivity contribution in [1.29, 1.82) is 0 Å². The van der Waals surface area contributed by atoms with Crippen molar-refractivity contribution in [2.45, 2.75) is 13.5 Å². The van der Waals surface area contributed by atoms with E-state index in [1.165, 1.54) is 6.07 Å². The fourth-order valence-corrected chi connectivity index (χ4v) is 3.32. The van der Waals surface area contributed by atoms with Crippen LogP contribution in [0.5, 0.6) is 0 Å². The summed E-state index contributed by atoms with van der Waals surface area (Å²) in [5, 5.41) is 0. The van der Waals surface area contributed by atoms with Crippen LogP contribution in [0.3, 0.4) is 0 Å². The maximum Gasteiger partial charge on any atom is 0.269 e. The molecule has 134 valence electrons. The second-order valence-corrected chi connectivity index (χ2v) is 6.58. The lowest BCUT2D eigenvalue weighted by Crippen LogP contribution is -2.46. The Morgan fingerprint density at radius 2 is 2.00 bits per heavy atom. The van der Waals surface area contributed by atoms with Gasteiger partial charge in [0.15, 0.2) is 5.82 Å². The van der Waals surface area contributed by atoms with Crippen LogP contribution in [0.15, 0.2) is 41.3 Å². The summed E-state index contributed by atoms with van der Waals surface area (Å²) in [5.74, 6) is 0.590. The van der Waals surface area contributed by atoms with Gasteiger partial charge in [-0.2, -0.15) is 0 Å². The molecule has 3 heterocycles. The van der Waals surface area contributed by atoms with E-state index < -0.39 is 5.82 Å². The summed E-state index contributed by atoms with van der Waals surface area (Å²) in [7, 11) is 0. The minimum absolute atomic E-state index is 0.214. The van der Waals surface area contributed by atoms with E-state index in [1.807, 2.05) is 24.3 Å². The Kier molecular flexibility index (Phi) is 4.38. The van der Waals surface area contributed by atoms with Gasteiger partial charge in [0.05, 0.1) is 5.52 Å². The topological polar surface area (TPSA) is 65.1 Å². The minimum Gasteiger partial charge on any atom is -0.354 e. The number of anilines is 1. The third-order valence-electron chi connectivity index (χ3n) is 4.73. The van der Waals surface area contributed by atoms with Gasteiger partial charge in [0.25, 0.3) is 5.56 Å². The monoisotopic (exact) mass is 353 g/mol. The maximum absolute atomic E-state index is 14.4. The first-order valence-corrected chi connectivity index (χ1v) is 8.67. The zero-order valence-electron chi connectivity index (χ0n) is 14.6. The third kappa shape index (κ3) is 3.30. The summed E-state index contributed by atoms with van der Waals surface area (Å²) in [6.07, 6.45) is 1.80. The molecule has 0 radical (unpaired) electrons. The highest BCUT2D eigenvalue weighted by Crippen LogP contribution is 2.19. The molecule has 2 aromatic heterocycles. The Labute approximate surface area is 150 Å². The van der Waals surface area contributed by atoms with Crippen molar-refractivity contribution in [2.75, 3.05) is 31.1 Å². The van der Waals surface area contributed by atoms with Gasteiger partial charge in [-0.1, -0.05) is 6.07 Å². The SMILES string of the molecule is Cc1nc2c(F)cc(CN3CCN(c4ccccn4)CC3)cc2[nH]c1=O. The van der Waals surface area contributed by atoms with Gasteiger partial charge in [0.2, 0.25) is 0 Å². The highest BCUT2D eigenvalue weighted by molar-refractivity contribution is 5.75. The number of piperazine rings is 1. The molecular formula is C19H20FN5O. The highest BCUT2D eigenvalue weighted by atomic mass is 19.1. The molecule has 0 unspecified atom stereocenters. The second-order valence-electron chi connectivity index (χ2n) is 6.58. The number of fused-ring (bicyclic) bond motifs is 1. The predicted octanol–water partition coefficient (Wildman–Crippen LogP) is 2.09. The van der Waals surface area contributed by atoms with Crippen LogP contribution >= 0.6 is 0 Å². The first kappa shape index (κ1) is 16.7. The molecule has 1 aromatic carbocycles. The van der Waals surface area contributed by atoms with Crippen molar-refractivity contribution in [3.63, 3.8) is 0 Å². The first-order valence-electron chi connectivity index (χ1n) is 8.67. The normalized spacial score (nSPS) is 15.5. The van der Waals surface area contributed by atoms with Crippen LogP contribution in [0, 0.1) is 12.7 Å². The molecule has 1 aliphatic rings. The summed E-state index contributed by atoms with van der Waals surface area (Å²) in [6.45, 7) is 5.72. The van der Waals surface area contributed by atoms with Crippen LogP contribution in [0.1, 0.15) is 11.3 Å². The number of pyridine rings is 1. The van der Waals surface area contributed by atoms with Crippen molar-refractivity contribution in [3.8, 4) is 0 Å². The molecule has 1 saturated heterocycles. The fraction of sp³-hybridized carbons (Fsp3) is 0.316. The minimum atomic E-state index is -0.399. The summed E-state index contributed by atoms with van der Waals surface area (Å²) < 4.78 is 14.4. The van der Waals surface area contributed by atoms with Gasteiger partial charge in [0.1, 0.15) is 17.0 Å². The summed E-state index contributed by atoms with van der Waals surface area (Å²) >= 11 is 0. The van der Waals surface area contributed by atoms with Crippen LogP contribution in [0.4, 0.5) is 10.2 Å². The predicted molar refractivity (Wildman–Crippen MR) is 98.8 cm³/mol. The summed E-state index contributed by atoms with van der Waals surface area (Å²) in [6, 6.07) is 9.24. The van der Waals surface area contributed by atoms with Gasteiger partial charge in [0, 0.05) is 38.9 Å². The fourth-order valence-electron chi connectivity index (χ4n) is 3.32. The number of rotatable bonds is 3. The van der Waals surface area contributed by atoms with E-state index >= 15 is 0 Å². The average molecular weight is 353 g/mol. The third-order valence-corrected chi connectivity index (χ3v) is 4.73.